The van der Waals surface area contributed by atoms with Gasteiger partial charge in [0.15, 0.2) is 0 Å². The van der Waals surface area contributed by atoms with E-state index >= 15 is 0 Å². The van der Waals surface area contributed by atoms with Crippen molar-refractivity contribution >= 4 is 11.3 Å². The molecule has 1 aromatic heterocycles. The Balaban J connectivity index is 2.34. The number of methoxy groups -OCH3 is 1. The number of hydrogen-bond acceptors (Lipinski definition) is 4. The van der Waals surface area contributed by atoms with Gasteiger partial charge in [0.1, 0.15) is 11.6 Å². The number of nitrogens with zero attached hydrogens (tertiary/aromatic N) is 1. The molecular weight excluding hydrogens is 239 g/mol. The van der Waals surface area contributed by atoms with Crippen LogP contribution in [0.3, 0.4) is 0 Å². The summed E-state index contributed by atoms with van der Waals surface area (Å²) >= 11 is 1.50. The van der Waals surface area contributed by atoms with Crippen LogP contribution >= 0.6 is 11.3 Å². The van der Waals surface area contributed by atoms with Crippen LogP contribution in [0.5, 0.6) is 5.75 Å². The fourth-order valence-electron chi connectivity index (χ4n) is 1.57. The van der Waals surface area contributed by atoms with Crippen LogP contribution in [0.25, 0.3) is 0 Å². The Morgan fingerprint density at radius 2 is 2.24 bits per heavy atom. The van der Waals surface area contributed by atoms with Crippen molar-refractivity contribution in [1.82, 2.24) is 4.98 Å². The van der Waals surface area contributed by atoms with E-state index in [0.29, 0.717) is 17.0 Å². The lowest BCUT2D eigenvalue weighted by Gasteiger charge is -2.11. The van der Waals surface area contributed by atoms with Crippen LogP contribution in [-0.4, -0.2) is 12.1 Å². The van der Waals surface area contributed by atoms with Crippen LogP contribution in [0, 0.1) is 12.7 Å². The van der Waals surface area contributed by atoms with Gasteiger partial charge in [-0.2, -0.15) is 0 Å². The van der Waals surface area contributed by atoms with Gasteiger partial charge in [-0.15, -0.1) is 11.3 Å². The van der Waals surface area contributed by atoms with E-state index in [2.05, 4.69) is 4.98 Å². The van der Waals surface area contributed by atoms with Gasteiger partial charge in [-0.25, -0.2) is 9.37 Å². The van der Waals surface area contributed by atoms with Gasteiger partial charge in [0.05, 0.1) is 23.9 Å². The molecule has 0 saturated heterocycles. The smallest absolute Gasteiger partial charge is 0.132 e. The summed E-state index contributed by atoms with van der Waals surface area (Å²) in [4.78, 5) is 4.27. The molecule has 0 aliphatic carbocycles. The second-order valence-electron chi connectivity index (χ2n) is 3.66. The number of aromatic nitrogens is 1. The van der Waals surface area contributed by atoms with Crippen molar-refractivity contribution in [2.75, 3.05) is 7.11 Å². The van der Waals surface area contributed by atoms with Crippen molar-refractivity contribution < 1.29 is 9.13 Å². The molecule has 0 spiro atoms. The standard InChI is InChI=1S/C12H13FN2OS/c1-7-15-11(6-17-7)12(14)9-4-3-8(16-2)5-10(9)13/h3-6,12H,14H2,1-2H3. The highest BCUT2D eigenvalue weighted by atomic mass is 32.1. The first-order valence-electron chi connectivity index (χ1n) is 5.13. The van der Waals surface area contributed by atoms with Crippen LogP contribution in [0.1, 0.15) is 22.3 Å². The molecule has 2 N–H and O–H groups in total. The minimum absolute atomic E-state index is 0.373. The summed E-state index contributed by atoms with van der Waals surface area (Å²) in [6.45, 7) is 1.89. The molecule has 0 amide bonds. The highest BCUT2D eigenvalue weighted by Gasteiger charge is 2.16. The number of halogens is 1. The zero-order valence-corrected chi connectivity index (χ0v) is 10.4. The monoisotopic (exact) mass is 252 g/mol. The Morgan fingerprint density at radius 3 is 2.76 bits per heavy atom. The number of aryl methyl sites for hydroxylation is 1. The molecule has 2 aromatic rings. The number of benzene rings is 1. The van der Waals surface area contributed by atoms with Crippen LogP contribution in [0.4, 0.5) is 4.39 Å². The maximum Gasteiger partial charge on any atom is 0.132 e. The van der Waals surface area contributed by atoms with E-state index < -0.39 is 6.04 Å². The van der Waals surface area contributed by atoms with Crippen molar-refractivity contribution in [3.8, 4) is 5.75 Å². The molecule has 17 heavy (non-hydrogen) atoms. The highest BCUT2D eigenvalue weighted by molar-refractivity contribution is 7.09. The summed E-state index contributed by atoms with van der Waals surface area (Å²) in [5, 5.41) is 2.77. The van der Waals surface area contributed by atoms with E-state index in [9.17, 15) is 4.39 Å². The van der Waals surface area contributed by atoms with E-state index in [1.54, 1.807) is 12.1 Å². The van der Waals surface area contributed by atoms with Gasteiger partial charge in [0, 0.05) is 17.0 Å². The number of hydrogen-bond donors (Lipinski definition) is 1. The molecule has 1 heterocycles. The average molecular weight is 252 g/mol. The van der Waals surface area contributed by atoms with Gasteiger partial charge in [-0.05, 0) is 13.0 Å². The Bertz CT molecular complexity index is 527. The second kappa shape index (κ2) is 4.81. The zero-order chi connectivity index (χ0) is 12.4. The Labute approximate surface area is 103 Å². The Kier molecular flexibility index (Phi) is 3.40. The lowest BCUT2D eigenvalue weighted by Crippen LogP contribution is -2.14. The first-order valence-corrected chi connectivity index (χ1v) is 6.01. The Hall–Kier alpha value is -1.46. The highest BCUT2D eigenvalue weighted by Crippen LogP contribution is 2.25. The topological polar surface area (TPSA) is 48.1 Å². The van der Waals surface area contributed by atoms with Crippen molar-refractivity contribution in [3.63, 3.8) is 0 Å². The zero-order valence-electron chi connectivity index (χ0n) is 9.61. The molecule has 90 valence electrons. The SMILES string of the molecule is COc1ccc(C(N)c2csc(C)n2)c(F)c1. The van der Waals surface area contributed by atoms with Crippen molar-refractivity contribution in [2.45, 2.75) is 13.0 Å². The molecule has 2 rings (SSSR count). The number of nitrogens with two attached hydrogens (primary N) is 1. The molecule has 1 unspecified atom stereocenters. The molecule has 0 radical (unpaired) electrons. The second-order valence-corrected chi connectivity index (χ2v) is 4.72. The third-order valence-corrected chi connectivity index (χ3v) is 3.29. The third-order valence-electron chi connectivity index (χ3n) is 2.50. The molecule has 0 aliphatic rings. The summed E-state index contributed by atoms with van der Waals surface area (Å²) in [6.07, 6.45) is 0. The summed E-state index contributed by atoms with van der Waals surface area (Å²) < 4.78 is 18.7. The van der Waals surface area contributed by atoms with Gasteiger partial charge in [0.25, 0.3) is 0 Å². The van der Waals surface area contributed by atoms with E-state index in [-0.39, 0.29) is 5.82 Å². The van der Waals surface area contributed by atoms with Gasteiger partial charge in [0.2, 0.25) is 0 Å². The van der Waals surface area contributed by atoms with Crippen molar-refractivity contribution in [3.05, 3.63) is 45.7 Å². The molecule has 5 heteroatoms. The van der Waals surface area contributed by atoms with Gasteiger partial charge >= 0.3 is 0 Å². The molecule has 1 aromatic carbocycles. The summed E-state index contributed by atoms with van der Waals surface area (Å²) in [7, 11) is 1.50. The first kappa shape index (κ1) is 12.0. The fourth-order valence-corrected chi connectivity index (χ4v) is 2.22. The third kappa shape index (κ3) is 2.45. The lowest BCUT2D eigenvalue weighted by molar-refractivity contribution is 0.410. The minimum Gasteiger partial charge on any atom is -0.497 e. The lowest BCUT2D eigenvalue weighted by atomic mass is 10.0. The maximum absolute atomic E-state index is 13.8. The fraction of sp³-hybridized carbons (Fsp3) is 0.250. The van der Waals surface area contributed by atoms with E-state index in [1.165, 1.54) is 24.5 Å². The van der Waals surface area contributed by atoms with E-state index in [0.717, 1.165) is 5.01 Å². The average Bonchev–Trinajstić information content (AvgIpc) is 2.75. The van der Waals surface area contributed by atoms with Gasteiger partial charge in [-0.3, -0.25) is 0 Å². The molecule has 0 saturated carbocycles. The van der Waals surface area contributed by atoms with Crippen LogP contribution < -0.4 is 10.5 Å². The molecule has 0 bridgehead atoms. The minimum atomic E-state index is -0.536. The van der Waals surface area contributed by atoms with Crippen molar-refractivity contribution in [2.24, 2.45) is 5.73 Å². The molecule has 3 nitrogen and oxygen atoms in total. The molecule has 1 atom stereocenters. The quantitative estimate of drug-likeness (QED) is 0.913. The number of rotatable bonds is 3. The van der Waals surface area contributed by atoms with Gasteiger partial charge < -0.3 is 10.5 Å². The largest absolute Gasteiger partial charge is 0.497 e. The molecule has 0 aliphatic heterocycles. The predicted molar refractivity (Wildman–Crippen MR) is 65.8 cm³/mol. The first-order chi connectivity index (χ1) is 8.11. The van der Waals surface area contributed by atoms with Gasteiger partial charge in [-0.1, -0.05) is 6.07 Å². The van der Waals surface area contributed by atoms with Crippen molar-refractivity contribution in [1.29, 1.82) is 0 Å². The number of thiazole rings is 1. The van der Waals surface area contributed by atoms with E-state index in [1.807, 2.05) is 12.3 Å². The van der Waals surface area contributed by atoms with Crippen LogP contribution in [-0.2, 0) is 0 Å². The maximum atomic E-state index is 13.8. The van der Waals surface area contributed by atoms with Crippen LogP contribution in [0.15, 0.2) is 23.6 Å². The summed E-state index contributed by atoms with van der Waals surface area (Å²) in [5.41, 5.74) is 7.10. The Morgan fingerprint density at radius 1 is 1.47 bits per heavy atom. The van der Waals surface area contributed by atoms with E-state index in [4.69, 9.17) is 10.5 Å². The van der Waals surface area contributed by atoms with Crippen LogP contribution in [0.2, 0.25) is 0 Å². The molecule has 0 fully saturated rings. The number of ether oxygens (including phenoxy) is 1. The summed E-state index contributed by atoms with van der Waals surface area (Å²) in [6, 6.07) is 4.12. The normalized spacial score (nSPS) is 12.5. The predicted octanol–water partition coefficient (Wildman–Crippen LogP) is 2.65. The molecular formula is C12H13FN2OS. The summed E-state index contributed by atoms with van der Waals surface area (Å²) in [5.74, 6) is 0.107.